The molecule has 1 aliphatic carbocycles. The minimum absolute atomic E-state index is 0.179. The number of amides is 1. The fourth-order valence-corrected chi connectivity index (χ4v) is 4.66. The molecule has 0 heterocycles. The number of nitrogens with zero attached hydrogens (tertiary/aromatic N) is 1. The van der Waals surface area contributed by atoms with Crippen LogP contribution < -0.4 is 0 Å². The third-order valence-corrected chi connectivity index (χ3v) is 6.51. The summed E-state index contributed by atoms with van der Waals surface area (Å²) in [7, 11) is -1.90. The Kier molecular flexibility index (Phi) is 4.90. The molecule has 2 aromatic carbocycles. The van der Waals surface area contributed by atoms with Gasteiger partial charge in [0, 0.05) is 13.1 Å². The first-order valence-corrected chi connectivity index (χ1v) is 10.1. The van der Waals surface area contributed by atoms with E-state index < -0.39 is 15.6 Å². The van der Waals surface area contributed by atoms with Gasteiger partial charge in [-0.1, -0.05) is 49.6 Å². The molecule has 1 saturated carbocycles. The van der Waals surface area contributed by atoms with Crippen molar-refractivity contribution in [3.63, 3.8) is 0 Å². The van der Waals surface area contributed by atoms with Crippen molar-refractivity contribution in [2.45, 2.75) is 43.0 Å². The Bertz CT molecular complexity index is 839. The number of sulfone groups is 1. The van der Waals surface area contributed by atoms with Crippen LogP contribution in [0.5, 0.6) is 0 Å². The van der Waals surface area contributed by atoms with Crippen molar-refractivity contribution in [1.82, 2.24) is 4.90 Å². The molecule has 0 aromatic heterocycles. The number of fused-ring (bicyclic) bond motifs is 1. The van der Waals surface area contributed by atoms with Crippen molar-refractivity contribution in [1.29, 1.82) is 0 Å². The van der Waals surface area contributed by atoms with Gasteiger partial charge in [-0.15, -0.1) is 0 Å². The summed E-state index contributed by atoms with van der Waals surface area (Å²) >= 11 is 0. The molecule has 128 valence electrons. The number of benzene rings is 2. The van der Waals surface area contributed by atoms with E-state index in [4.69, 9.17) is 0 Å². The number of hydrogen-bond acceptors (Lipinski definition) is 3. The van der Waals surface area contributed by atoms with Crippen LogP contribution in [0.15, 0.2) is 47.4 Å². The van der Waals surface area contributed by atoms with E-state index in [0.29, 0.717) is 0 Å². The van der Waals surface area contributed by atoms with E-state index in [1.54, 1.807) is 30.1 Å². The molecule has 1 amide bonds. The standard InChI is InChI=1S/C19H23NO3S/c1-20(17-9-3-2-4-10-17)19(21)14-24(22,23)18-12-11-15-7-5-6-8-16(15)13-18/h5-8,11-13,17H,2-4,9-10,14H2,1H3. The van der Waals surface area contributed by atoms with Gasteiger partial charge in [-0.25, -0.2) is 8.42 Å². The number of carbonyl (C=O) groups is 1. The normalized spacial score (nSPS) is 16.2. The Morgan fingerprint density at radius 2 is 1.71 bits per heavy atom. The Morgan fingerprint density at radius 1 is 1.04 bits per heavy atom. The molecule has 4 nitrogen and oxygen atoms in total. The fraction of sp³-hybridized carbons (Fsp3) is 0.421. The highest BCUT2D eigenvalue weighted by molar-refractivity contribution is 7.92. The summed E-state index contributed by atoms with van der Waals surface area (Å²) in [4.78, 5) is 14.3. The van der Waals surface area contributed by atoms with Crippen molar-refractivity contribution in [3.05, 3.63) is 42.5 Å². The average molecular weight is 345 g/mol. The van der Waals surface area contributed by atoms with Gasteiger partial charge in [0.2, 0.25) is 5.91 Å². The van der Waals surface area contributed by atoms with Gasteiger partial charge in [0.05, 0.1) is 4.90 Å². The summed E-state index contributed by atoms with van der Waals surface area (Å²) < 4.78 is 25.3. The van der Waals surface area contributed by atoms with Crippen LogP contribution in [0.2, 0.25) is 0 Å². The van der Waals surface area contributed by atoms with E-state index in [0.717, 1.165) is 36.5 Å². The largest absolute Gasteiger partial charge is 0.342 e. The first-order chi connectivity index (χ1) is 11.5. The molecule has 3 rings (SSSR count). The van der Waals surface area contributed by atoms with Crippen LogP contribution in [0, 0.1) is 0 Å². The van der Waals surface area contributed by atoms with Gasteiger partial charge in [0.1, 0.15) is 5.75 Å². The molecule has 0 bridgehead atoms. The van der Waals surface area contributed by atoms with Gasteiger partial charge in [0.15, 0.2) is 9.84 Å². The van der Waals surface area contributed by atoms with Crippen LogP contribution in [0.3, 0.4) is 0 Å². The SMILES string of the molecule is CN(C(=O)CS(=O)(=O)c1ccc2ccccc2c1)C1CCCCC1. The van der Waals surface area contributed by atoms with E-state index in [2.05, 4.69) is 0 Å². The molecule has 0 saturated heterocycles. The molecule has 1 fully saturated rings. The molecular formula is C19H23NO3S. The molecule has 0 unspecified atom stereocenters. The van der Waals surface area contributed by atoms with Crippen LogP contribution in [-0.4, -0.2) is 38.1 Å². The molecule has 0 spiro atoms. The van der Waals surface area contributed by atoms with Crippen molar-refractivity contribution in [2.75, 3.05) is 12.8 Å². The summed E-state index contributed by atoms with van der Waals surface area (Å²) in [5, 5.41) is 1.86. The maximum Gasteiger partial charge on any atom is 0.238 e. The number of rotatable bonds is 4. The van der Waals surface area contributed by atoms with Crippen LogP contribution in [0.25, 0.3) is 10.8 Å². The summed E-state index contributed by atoms with van der Waals surface area (Å²) in [6.07, 6.45) is 5.36. The van der Waals surface area contributed by atoms with Crippen molar-refractivity contribution in [3.8, 4) is 0 Å². The van der Waals surface area contributed by atoms with E-state index in [-0.39, 0.29) is 16.8 Å². The smallest absolute Gasteiger partial charge is 0.238 e. The second kappa shape index (κ2) is 6.93. The highest BCUT2D eigenvalue weighted by Gasteiger charge is 2.27. The van der Waals surface area contributed by atoms with Gasteiger partial charge >= 0.3 is 0 Å². The van der Waals surface area contributed by atoms with Gasteiger partial charge in [-0.2, -0.15) is 0 Å². The van der Waals surface area contributed by atoms with E-state index in [9.17, 15) is 13.2 Å². The predicted octanol–water partition coefficient (Wildman–Crippen LogP) is 3.40. The first kappa shape index (κ1) is 17.0. The van der Waals surface area contributed by atoms with E-state index in [1.165, 1.54) is 6.42 Å². The molecule has 0 aliphatic heterocycles. The zero-order valence-electron chi connectivity index (χ0n) is 13.9. The Hall–Kier alpha value is -1.88. The van der Waals surface area contributed by atoms with Gasteiger partial charge in [-0.3, -0.25) is 4.79 Å². The van der Waals surface area contributed by atoms with Crippen LogP contribution >= 0.6 is 0 Å². The molecule has 24 heavy (non-hydrogen) atoms. The Balaban J connectivity index is 1.77. The lowest BCUT2D eigenvalue weighted by atomic mass is 9.94. The predicted molar refractivity (Wildman–Crippen MR) is 95.6 cm³/mol. The summed E-state index contributed by atoms with van der Waals surface area (Å²) in [5.41, 5.74) is 0. The Morgan fingerprint density at radius 3 is 2.42 bits per heavy atom. The second-order valence-electron chi connectivity index (χ2n) is 6.56. The molecule has 2 aromatic rings. The highest BCUT2D eigenvalue weighted by Crippen LogP contribution is 2.23. The van der Waals surface area contributed by atoms with Crippen LogP contribution in [0.4, 0.5) is 0 Å². The molecule has 5 heteroatoms. The zero-order valence-corrected chi connectivity index (χ0v) is 14.8. The topological polar surface area (TPSA) is 54.5 Å². The molecule has 0 radical (unpaired) electrons. The summed E-state index contributed by atoms with van der Waals surface area (Å²) in [5.74, 6) is -0.770. The molecule has 1 aliphatic rings. The third-order valence-electron chi connectivity index (χ3n) is 4.91. The van der Waals surface area contributed by atoms with E-state index >= 15 is 0 Å². The van der Waals surface area contributed by atoms with Gasteiger partial charge in [-0.05, 0) is 35.7 Å². The maximum absolute atomic E-state index is 12.6. The summed E-state index contributed by atoms with van der Waals surface area (Å²) in [6.45, 7) is 0. The lowest BCUT2D eigenvalue weighted by molar-refractivity contribution is -0.129. The third kappa shape index (κ3) is 3.61. The minimum Gasteiger partial charge on any atom is -0.342 e. The van der Waals surface area contributed by atoms with E-state index in [1.807, 2.05) is 24.3 Å². The molecular weight excluding hydrogens is 322 g/mol. The second-order valence-corrected chi connectivity index (χ2v) is 8.55. The highest BCUT2D eigenvalue weighted by atomic mass is 32.2. The maximum atomic E-state index is 12.6. The van der Waals surface area contributed by atoms with Crippen molar-refractivity contribution < 1.29 is 13.2 Å². The Labute approximate surface area is 143 Å². The minimum atomic E-state index is -3.63. The number of hydrogen-bond donors (Lipinski definition) is 0. The first-order valence-electron chi connectivity index (χ1n) is 8.44. The quantitative estimate of drug-likeness (QED) is 0.853. The fourth-order valence-electron chi connectivity index (χ4n) is 3.38. The van der Waals surface area contributed by atoms with Crippen molar-refractivity contribution >= 4 is 26.5 Å². The average Bonchev–Trinajstić information content (AvgIpc) is 2.61. The lowest BCUT2D eigenvalue weighted by Gasteiger charge is -2.31. The van der Waals surface area contributed by atoms with Crippen molar-refractivity contribution in [2.24, 2.45) is 0 Å². The monoisotopic (exact) mass is 345 g/mol. The summed E-state index contributed by atoms with van der Waals surface area (Å²) in [6, 6.07) is 12.8. The van der Waals surface area contributed by atoms with Gasteiger partial charge in [0.25, 0.3) is 0 Å². The molecule has 0 N–H and O–H groups in total. The van der Waals surface area contributed by atoms with Gasteiger partial charge < -0.3 is 4.90 Å². The molecule has 0 atom stereocenters. The lowest BCUT2D eigenvalue weighted by Crippen LogP contribution is -2.41. The van der Waals surface area contributed by atoms with Crippen LogP contribution in [0.1, 0.15) is 32.1 Å². The van der Waals surface area contributed by atoms with Crippen LogP contribution in [-0.2, 0) is 14.6 Å². The zero-order chi connectivity index (χ0) is 17.2. The number of carbonyl (C=O) groups excluding carboxylic acids is 1.